The van der Waals surface area contributed by atoms with Gasteiger partial charge in [0.05, 0.1) is 0 Å². The van der Waals surface area contributed by atoms with Crippen LogP contribution < -0.4 is 0 Å². The molecule has 0 aromatic rings. The van der Waals surface area contributed by atoms with Crippen molar-refractivity contribution in [3.05, 3.63) is 0 Å². The van der Waals surface area contributed by atoms with Gasteiger partial charge >= 0.3 is 0 Å². The number of hydrogen-bond donors (Lipinski definition) is 0. The predicted octanol–water partition coefficient (Wildman–Crippen LogP) is 1.04. The van der Waals surface area contributed by atoms with Gasteiger partial charge in [0.2, 0.25) is 0 Å². The zero-order valence-corrected chi connectivity index (χ0v) is 7.71. The molecule has 0 saturated carbocycles. The molecule has 0 rings (SSSR count). The summed E-state index contributed by atoms with van der Waals surface area (Å²) in [6.45, 7) is 1.04. The molecule has 0 spiro atoms. The van der Waals surface area contributed by atoms with E-state index in [1.807, 2.05) is 0 Å². The van der Waals surface area contributed by atoms with Gasteiger partial charge in [0, 0.05) is 27.2 Å². The average Bonchev–Trinajstić information content (AvgIpc) is 2.11. The first-order valence-electron chi connectivity index (χ1n) is 3.92. The van der Waals surface area contributed by atoms with Crippen LogP contribution in [0.3, 0.4) is 0 Å². The zero-order chi connectivity index (χ0) is 9.23. The summed E-state index contributed by atoms with van der Waals surface area (Å²) in [5.41, 5.74) is 0. The summed E-state index contributed by atoms with van der Waals surface area (Å²) in [5, 5.41) is 0. The number of rotatable bonds is 7. The summed E-state index contributed by atoms with van der Waals surface area (Å²) >= 11 is 0. The molecule has 0 saturated heterocycles. The number of ether oxygens (including phenoxy) is 3. The molecule has 0 amide bonds. The van der Waals surface area contributed by atoms with Crippen molar-refractivity contribution in [2.24, 2.45) is 0 Å². The molecule has 0 aliphatic carbocycles. The summed E-state index contributed by atoms with van der Waals surface area (Å²) in [6.07, 6.45) is 6.60. The second-order valence-corrected chi connectivity index (χ2v) is 2.30. The third-order valence-corrected chi connectivity index (χ3v) is 1.44. The third kappa shape index (κ3) is 6.17. The Morgan fingerprint density at radius 2 is 2.00 bits per heavy atom. The molecule has 70 valence electrons. The van der Waals surface area contributed by atoms with Crippen LogP contribution in [0.25, 0.3) is 0 Å². The highest BCUT2D eigenvalue weighted by molar-refractivity contribution is 4.82. The fourth-order valence-electron chi connectivity index (χ4n) is 0.815. The maximum atomic E-state index is 5.07. The first-order chi connectivity index (χ1) is 5.85. The second-order valence-electron chi connectivity index (χ2n) is 2.30. The van der Waals surface area contributed by atoms with Gasteiger partial charge in [-0.3, -0.25) is 0 Å². The Balaban J connectivity index is 3.13. The minimum Gasteiger partial charge on any atom is -0.369 e. The van der Waals surface area contributed by atoms with Gasteiger partial charge in [-0.2, -0.15) is 0 Å². The van der Waals surface area contributed by atoms with Crippen molar-refractivity contribution in [1.82, 2.24) is 0 Å². The molecule has 3 nitrogen and oxygen atoms in total. The van der Waals surface area contributed by atoms with E-state index in [2.05, 4.69) is 5.92 Å². The van der Waals surface area contributed by atoms with Gasteiger partial charge in [0.15, 0.2) is 6.29 Å². The average molecular weight is 172 g/mol. The number of terminal acetylenes is 1. The van der Waals surface area contributed by atoms with E-state index in [-0.39, 0.29) is 6.29 Å². The molecule has 0 aliphatic rings. The Bertz CT molecular complexity index is 124. The van der Waals surface area contributed by atoms with Gasteiger partial charge in [-0.05, 0) is 6.42 Å². The summed E-state index contributed by atoms with van der Waals surface area (Å²) in [7, 11) is 3.24. The quantitative estimate of drug-likeness (QED) is 0.326. The van der Waals surface area contributed by atoms with Crippen LogP contribution in [-0.2, 0) is 14.2 Å². The Kier molecular flexibility index (Phi) is 8.14. The molecule has 0 aromatic heterocycles. The van der Waals surface area contributed by atoms with Crippen LogP contribution in [0.4, 0.5) is 0 Å². The lowest BCUT2D eigenvalue weighted by Gasteiger charge is -2.12. The smallest absolute Gasteiger partial charge is 0.156 e. The normalized spacial score (nSPS) is 10.2. The van der Waals surface area contributed by atoms with Gasteiger partial charge in [-0.1, -0.05) is 5.92 Å². The highest BCUT2D eigenvalue weighted by Crippen LogP contribution is 2.01. The molecule has 0 aromatic carbocycles. The molecule has 0 fully saturated rings. The van der Waals surface area contributed by atoms with Crippen LogP contribution >= 0.6 is 0 Å². The van der Waals surface area contributed by atoms with Crippen molar-refractivity contribution >= 4 is 0 Å². The molecule has 0 radical (unpaired) electrons. The number of hydrogen-bond acceptors (Lipinski definition) is 3. The fraction of sp³-hybridized carbons (Fsp3) is 0.778. The summed E-state index contributed by atoms with van der Waals surface area (Å²) in [5.74, 6) is 2.40. The zero-order valence-electron chi connectivity index (χ0n) is 7.71. The van der Waals surface area contributed by atoms with E-state index in [9.17, 15) is 0 Å². The van der Waals surface area contributed by atoms with E-state index in [4.69, 9.17) is 20.6 Å². The Labute approximate surface area is 74.0 Å². The van der Waals surface area contributed by atoms with Crippen molar-refractivity contribution in [3.8, 4) is 12.3 Å². The van der Waals surface area contributed by atoms with Gasteiger partial charge in [-0.25, -0.2) is 0 Å². The lowest BCUT2D eigenvalue weighted by Crippen LogP contribution is -2.13. The first-order valence-corrected chi connectivity index (χ1v) is 3.92. The standard InChI is InChI=1S/C9H16O3/c1-4-7-12-8-5-6-9(10-2)11-3/h1,9H,5-8H2,2-3H3. The SMILES string of the molecule is C#CCOCCCC(OC)OC. The molecule has 0 heterocycles. The van der Waals surface area contributed by atoms with E-state index in [0.29, 0.717) is 13.2 Å². The monoisotopic (exact) mass is 172 g/mol. The fourth-order valence-corrected chi connectivity index (χ4v) is 0.815. The number of methoxy groups -OCH3 is 2. The van der Waals surface area contributed by atoms with Crippen molar-refractivity contribution in [2.75, 3.05) is 27.4 Å². The Hall–Kier alpha value is -0.560. The van der Waals surface area contributed by atoms with E-state index in [1.165, 1.54) is 0 Å². The Morgan fingerprint density at radius 1 is 1.33 bits per heavy atom. The van der Waals surface area contributed by atoms with E-state index in [1.54, 1.807) is 14.2 Å². The molecule has 0 atom stereocenters. The van der Waals surface area contributed by atoms with Crippen molar-refractivity contribution in [1.29, 1.82) is 0 Å². The highest BCUT2D eigenvalue weighted by atomic mass is 16.7. The minimum absolute atomic E-state index is 0.126. The van der Waals surface area contributed by atoms with Crippen molar-refractivity contribution < 1.29 is 14.2 Å². The summed E-state index contributed by atoms with van der Waals surface area (Å²) in [4.78, 5) is 0. The predicted molar refractivity (Wildman–Crippen MR) is 46.7 cm³/mol. The van der Waals surface area contributed by atoms with Crippen LogP contribution in [0, 0.1) is 12.3 Å². The largest absolute Gasteiger partial charge is 0.369 e. The van der Waals surface area contributed by atoms with Gasteiger partial charge in [-0.15, -0.1) is 6.42 Å². The maximum absolute atomic E-state index is 5.07. The van der Waals surface area contributed by atoms with Crippen LogP contribution in [0.5, 0.6) is 0 Å². The van der Waals surface area contributed by atoms with Gasteiger partial charge in [0.25, 0.3) is 0 Å². The molecule has 3 heteroatoms. The second kappa shape index (κ2) is 8.54. The van der Waals surface area contributed by atoms with Crippen LogP contribution in [0.15, 0.2) is 0 Å². The third-order valence-electron chi connectivity index (χ3n) is 1.44. The van der Waals surface area contributed by atoms with Gasteiger partial charge < -0.3 is 14.2 Å². The molecule has 0 N–H and O–H groups in total. The first kappa shape index (κ1) is 11.4. The van der Waals surface area contributed by atoms with E-state index >= 15 is 0 Å². The lowest BCUT2D eigenvalue weighted by molar-refractivity contribution is -0.108. The summed E-state index contributed by atoms with van der Waals surface area (Å²) in [6, 6.07) is 0. The maximum Gasteiger partial charge on any atom is 0.156 e. The van der Waals surface area contributed by atoms with Gasteiger partial charge in [0.1, 0.15) is 6.61 Å². The van der Waals surface area contributed by atoms with Crippen molar-refractivity contribution in [3.63, 3.8) is 0 Å². The summed E-state index contributed by atoms with van der Waals surface area (Å²) < 4.78 is 15.1. The molecule has 12 heavy (non-hydrogen) atoms. The Morgan fingerprint density at radius 3 is 2.50 bits per heavy atom. The molecule has 0 bridgehead atoms. The molecular weight excluding hydrogens is 156 g/mol. The molecular formula is C9H16O3. The lowest BCUT2D eigenvalue weighted by atomic mass is 10.3. The van der Waals surface area contributed by atoms with Crippen LogP contribution in [-0.4, -0.2) is 33.7 Å². The van der Waals surface area contributed by atoms with Crippen LogP contribution in [0.2, 0.25) is 0 Å². The topological polar surface area (TPSA) is 27.7 Å². The van der Waals surface area contributed by atoms with Crippen LogP contribution in [0.1, 0.15) is 12.8 Å². The minimum atomic E-state index is -0.126. The molecule has 0 aliphatic heterocycles. The highest BCUT2D eigenvalue weighted by Gasteiger charge is 2.02. The van der Waals surface area contributed by atoms with E-state index < -0.39 is 0 Å². The van der Waals surface area contributed by atoms with Crippen molar-refractivity contribution in [2.45, 2.75) is 19.1 Å². The molecule has 0 unspecified atom stereocenters. The van der Waals surface area contributed by atoms with E-state index in [0.717, 1.165) is 12.8 Å².